The molecule has 0 aromatic heterocycles. The molecule has 1 rings (SSSR count). The van der Waals surface area contributed by atoms with Crippen LogP contribution in [-0.2, 0) is 14.9 Å². The smallest absolute Gasteiger partial charge is 0.338 e. The van der Waals surface area contributed by atoms with Crippen molar-refractivity contribution < 1.29 is 19.1 Å². The van der Waals surface area contributed by atoms with Crippen molar-refractivity contribution in [1.82, 2.24) is 0 Å². The van der Waals surface area contributed by atoms with Gasteiger partial charge in [0, 0.05) is 0 Å². The van der Waals surface area contributed by atoms with Crippen molar-refractivity contribution in [2.24, 2.45) is 0 Å². The number of hydrogen-bond acceptors (Lipinski definition) is 4. The lowest BCUT2D eigenvalue weighted by Crippen LogP contribution is -2.18. The standard InChI is InChI=1S/C14H18O4/c1-14(2,3)11-7-6-9(12(15)17-4)8-10(11)13(16)18-5/h6-8H,1-5H3. The number of carbonyl (C=O) groups is 2. The molecule has 0 bridgehead atoms. The molecule has 0 heterocycles. The molecule has 0 saturated heterocycles. The maximum Gasteiger partial charge on any atom is 0.338 e. The van der Waals surface area contributed by atoms with E-state index in [2.05, 4.69) is 4.74 Å². The highest BCUT2D eigenvalue weighted by atomic mass is 16.5. The number of methoxy groups -OCH3 is 2. The molecular formula is C14H18O4. The van der Waals surface area contributed by atoms with E-state index >= 15 is 0 Å². The predicted octanol–water partition coefficient (Wildman–Crippen LogP) is 2.56. The van der Waals surface area contributed by atoms with Crippen molar-refractivity contribution in [2.45, 2.75) is 26.2 Å². The number of rotatable bonds is 2. The van der Waals surface area contributed by atoms with Gasteiger partial charge in [0.15, 0.2) is 0 Å². The molecule has 0 amide bonds. The highest BCUT2D eigenvalue weighted by Gasteiger charge is 2.23. The fourth-order valence-electron chi connectivity index (χ4n) is 1.72. The Bertz CT molecular complexity index is 469. The van der Waals surface area contributed by atoms with Crippen LogP contribution < -0.4 is 0 Å². The Morgan fingerprint density at radius 3 is 2.00 bits per heavy atom. The molecule has 0 saturated carbocycles. The van der Waals surface area contributed by atoms with Crippen molar-refractivity contribution in [3.8, 4) is 0 Å². The maximum atomic E-state index is 11.8. The van der Waals surface area contributed by atoms with Crippen molar-refractivity contribution in [1.29, 1.82) is 0 Å². The quantitative estimate of drug-likeness (QED) is 0.757. The fraction of sp³-hybridized carbons (Fsp3) is 0.429. The van der Waals surface area contributed by atoms with Crippen LogP contribution in [0.3, 0.4) is 0 Å². The summed E-state index contributed by atoms with van der Waals surface area (Å²) in [4.78, 5) is 23.2. The van der Waals surface area contributed by atoms with E-state index in [9.17, 15) is 9.59 Å². The van der Waals surface area contributed by atoms with Crippen LogP contribution in [0.25, 0.3) is 0 Å². The Hall–Kier alpha value is -1.84. The Kier molecular flexibility index (Phi) is 4.11. The third-order valence-electron chi connectivity index (χ3n) is 2.65. The van der Waals surface area contributed by atoms with Crippen molar-refractivity contribution >= 4 is 11.9 Å². The first-order chi connectivity index (χ1) is 8.31. The van der Waals surface area contributed by atoms with Gasteiger partial charge in [-0.05, 0) is 23.1 Å². The molecule has 4 heteroatoms. The van der Waals surface area contributed by atoms with Crippen molar-refractivity contribution in [2.75, 3.05) is 14.2 Å². The summed E-state index contributed by atoms with van der Waals surface area (Å²) >= 11 is 0. The molecule has 0 aliphatic carbocycles. The topological polar surface area (TPSA) is 52.6 Å². The monoisotopic (exact) mass is 250 g/mol. The van der Waals surface area contributed by atoms with Crippen molar-refractivity contribution in [3.05, 3.63) is 34.9 Å². The van der Waals surface area contributed by atoms with Crippen LogP contribution in [0.15, 0.2) is 18.2 Å². The van der Waals surface area contributed by atoms with Gasteiger partial charge in [0.25, 0.3) is 0 Å². The second-order valence-corrected chi connectivity index (χ2v) is 4.99. The maximum absolute atomic E-state index is 11.8. The van der Waals surface area contributed by atoms with Crippen LogP contribution in [0.1, 0.15) is 47.1 Å². The molecule has 0 radical (unpaired) electrons. The van der Waals surface area contributed by atoms with Gasteiger partial charge in [-0.1, -0.05) is 26.8 Å². The number of benzene rings is 1. The van der Waals surface area contributed by atoms with Crippen LogP contribution in [0.2, 0.25) is 0 Å². The van der Waals surface area contributed by atoms with Gasteiger partial charge in [0.05, 0.1) is 25.3 Å². The number of hydrogen-bond donors (Lipinski definition) is 0. The largest absolute Gasteiger partial charge is 0.465 e. The third-order valence-corrected chi connectivity index (χ3v) is 2.65. The second kappa shape index (κ2) is 5.21. The average Bonchev–Trinajstić information content (AvgIpc) is 2.35. The highest BCUT2D eigenvalue weighted by molar-refractivity contribution is 5.96. The van der Waals surface area contributed by atoms with Crippen LogP contribution >= 0.6 is 0 Å². The molecule has 0 spiro atoms. The van der Waals surface area contributed by atoms with E-state index in [1.54, 1.807) is 12.1 Å². The normalized spacial score (nSPS) is 10.9. The van der Waals surface area contributed by atoms with E-state index in [1.807, 2.05) is 20.8 Å². The Balaban J connectivity index is 3.39. The zero-order chi connectivity index (χ0) is 13.9. The van der Waals surface area contributed by atoms with E-state index in [4.69, 9.17) is 4.74 Å². The van der Waals surface area contributed by atoms with Gasteiger partial charge < -0.3 is 9.47 Å². The summed E-state index contributed by atoms with van der Waals surface area (Å²) < 4.78 is 9.39. The third kappa shape index (κ3) is 2.88. The van der Waals surface area contributed by atoms with Gasteiger partial charge in [-0.2, -0.15) is 0 Å². The minimum Gasteiger partial charge on any atom is -0.465 e. The minimum absolute atomic E-state index is 0.210. The van der Waals surface area contributed by atoms with E-state index in [0.29, 0.717) is 11.1 Å². The van der Waals surface area contributed by atoms with E-state index in [1.165, 1.54) is 20.3 Å². The lowest BCUT2D eigenvalue weighted by molar-refractivity contribution is 0.0597. The summed E-state index contributed by atoms with van der Waals surface area (Å²) in [7, 11) is 2.62. The molecule has 1 aromatic rings. The Morgan fingerprint density at radius 1 is 1.00 bits per heavy atom. The molecular weight excluding hydrogens is 232 g/mol. The number of ether oxygens (including phenoxy) is 2. The lowest BCUT2D eigenvalue weighted by Gasteiger charge is -2.22. The highest BCUT2D eigenvalue weighted by Crippen LogP contribution is 2.27. The van der Waals surface area contributed by atoms with Gasteiger partial charge in [-0.15, -0.1) is 0 Å². The molecule has 0 N–H and O–H groups in total. The molecule has 0 unspecified atom stereocenters. The minimum atomic E-state index is -0.472. The molecule has 98 valence electrons. The summed E-state index contributed by atoms with van der Waals surface area (Å²) in [5.74, 6) is -0.925. The number of carbonyl (C=O) groups excluding carboxylic acids is 2. The predicted molar refractivity (Wildman–Crippen MR) is 67.8 cm³/mol. The van der Waals surface area contributed by atoms with E-state index < -0.39 is 11.9 Å². The fourth-order valence-corrected chi connectivity index (χ4v) is 1.72. The molecule has 0 aliphatic heterocycles. The summed E-state index contributed by atoms with van der Waals surface area (Å²) in [6.45, 7) is 5.98. The molecule has 18 heavy (non-hydrogen) atoms. The molecule has 0 atom stereocenters. The number of esters is 2. The van der Waals surface area contributed by atoms with Crippen LogP contribution in [0, 0.1) is 0 Å². The Labute approximate surface area is 107 Å². The summed E-state index contributed by atoms with van der Waals surface area (Å²) in [5, 5.41) is 0. The van der Waals surface area contributed by atoms with Crippen LogP contribution in [0.5, 0.6) is 0 Å². The van der Waals surface area contributed by atoms with Gasteiger partial charge >= 0.3 is 11.9 Å². The SMILES string of the molecule is COC(=O)c1ccc(C(C)(C)C)c(C(=O)OC)c1. The first-order valence-corrected chi connectivity index (χ1v) is 5.62. The Morgan fingerprint density at radius 2 is 1.56 bits per heavy atom. The first-order valence-electron chi connectivity index (χ1n) is 5.62. The van der Waals surface area contributed by atoms with E-state index in [-0.39, 0.29) is 5.41 Å². The van der Waals surface area contributed by atoms with Gasteiger partial charge in [0.2, 0.25) is 0 Å². The first kappa shape index (κ1) is 14.2. The zero-order valence-electron chi connectivity index (χ0n) is 11.4. The van der Waals surface area contributed by atoms with Gasteiger partial charge in [0.1, 0.15) is 0 Å². The van der Waals surface area contributed by atoms with Crippen LogP contribution in [0.4, 0.5) is 0 Å². The van der Waals surface area contributed by atoms with Gasteiger partial charge in [-0.3, -0.25) is 0 Å². The van der Waals surface area contributed by atoms with Gasteiger partial charge in [-0.25, -0.2) is 9.59 Å². The van der Waals surface area contributed by atoms with E-state index in [0.717, 1.165) is 5.56 Å². The average molecular weight is 250 g/mol. The molecule has 1 aromatic carbocycles. The molecule has 0 fully saturated rings. The summed E-state index contributed by atoms with van der Waals surface area (Å²) in [6, 6.07) is 4.93. The molecule has 4 nitrogen and oxygen atoms in total. The van der Waals surface area contributed by atoms with Crippen LogP contribution in [-0.4, -0.2) is 26.2 Å². The lowest BCUT2D eigenvalue weighted by atomic mass is 9.83. The summed E-state index contributed by atoms with van der Waals surface area (Å²) in [6.07, 6.45) is 0. The van der Waals surface area contributed by atoms with Crippen molar-refractivity contribution in [3.63, 3.8) is 0 Å². The second-order valence-electron chi connectivity index (χ2n) is 4.99. The zero-order valence-corrected chi connectivity index (χ0v) is 11.4. The summed E-state index contributed by atoms with van der Waals surface area (Å²) in [5.41, 5.74) is 1.36. The molecule has 0 aliphatic rings.